The Labute approximate surface area is 62.2 Å². The van der Waals surface area contributed by atoms with Crippen LogP contribution in [0.1, 0.15) is 13.8 Å². The average molecular weight is 143 g/mol. The molecule has 0 aromatic rings. The van der Waals surface area contributed by atoms with Gasteiger partial charge in [-0.05, 0) is 13.1 Å². The van der Waals surface area contributed by atoms with Crippen LogP contribution in [-0.2, 0) is 4.79 Å². The number of carbonyl (C=O) groups excluding carboxylic acids is 1. The van der Waals surface area contributed by atoms with Crippen molar-refractivity contribution < 1.29 is 4.79 Å². The minimum absolute atomic E-state index is 0.341. The molecule has 3 heteroatoms. The van der Waals surface area contributed by atoms with E-state index in [1.807, 2.05) is 0 Å². The normalized spacial score (nSPS) is 10.3. The second-order valence-corrected chi connectivity index (χ2v) is 2.09. The van der Waals surface area contributed by atoms with Crippen LogP contribution in [0.15, 0.2) is 0 Å². The Hall–Kier alpha value is -0.570. The quantitative estimate of drug-likeness (QED) is 0.589. The number of carbonyl (C=O) groups is 1. The molecule has 0 fully saturated rings. The first-order valence-electron chi connectivity index (χ1n) is 3.55. The van der Waals surface area contributed by atoms with E-state index in [0.717, 1.165) is 13.1 Å². The maximum atomic E-state index is 10.3. The van der Waals surface area contributed by atoms with E-state index in [9.17, 15) is 4.79 Å². The summed E-state index contributed by atoms with van der Waals surface area (Å²) in [7, 11) is 0. The summed E-state index contributed by atoms with van der Waals surface area (Å²) >= 11 is 0. The van der Waals surface area contributed by atoms with Gasteiger partial charge in [0.2, 0.25) is 5.91 Å². The van der Waals surface area contributed by atoms with Gasteiger partial charge in [-0.25, -0.2) is 0 Å². The summed E-state index contributed by atoms with van der Waals surface area (Å²) in [6, 6.07) is 0. The molecule has 0 aliphatic rings. The first-order chi connectivity index (χ1) is 4.70. The highest BCUT2D eigenvalue weighted by molar-refractivity contribution is 5.83. The maximum Gasteiger partial charge on any atom is 0.222 e. The number of hydrogen-bond acceptors (Lipinski definition) is 2. The van der Waals surface area contributed by atoms with Crippen molar-refractivity contribution in [2.24, 2.45) is 5.73 Å². The van der Waals surface area contributed by atoms with E-state index in [4.69, 9.17) is 5.73 Å². The number of nitrogens with two attached hydrogens (primary N) is 1. The van der Waals surface area contributed by atoms with Crippen molar-refractivity contribution in [2.75, 3.05) is 19.6 Å². The van der Waals surface area contributed by atoms with E-state index in [1.165, 1.54) is 6.42 Å². The van der Waals surface area contributed by atoms with Gasteiger partial charge in [0.15, 0.2) is 0 Å². The van der Waals surface area contributed by atoms with Gasteiger partial charge in [0, 0.05) is 6.54 Å². The molecular formula is C7H15N2O. The molecule has 1 radical (unpaired) electrons. The van der Waals surface area contributed by atoms with Crippen LogP contribution in [0.5, 0.6) is 0 Å². The van der Waals surface area contributed by atoms with Crippen LogP contribution in [-0.4, -0.2) is 30.4 Å². The van der Waals surface area contributed by atoms with Gasteiger partial charge in [-0.1, -0.05) is 13.8 Å². The minimum Gasteiger partial charge on any atom is -0.369 e. The van der Waals surface area contributed by atoms with E-state index >= 15 is 0 Å². The fourth-order valence-electron chi connectivity index (χ4n) is 0.701. The summed E-state index contributed by atoms with van der Waals surface area (Å²) in [4.78, 5) is 12.4. The van der Waals surface area contributed by atoms with Gasteiger partial charge in [-0.15, -0.1) is 0 Å². The maximum absolute atomic E-state index is 10.3. The van der Waals surface area contributed by atoms with Crippen molar-refractivity contribution in [1.82, 2.24) is 4.90 Å². The Balaban J connectivity index is 3.34. The standard InChI is InChI=1S/C7H15N2O/c1-3-9(4-2)6-5-7(8)10/h5H,3-4,6H2,1-2H3,(H2,8,10). The summed E-state index contributed by atoms with van der Waals surface area (Å²) < 4.78 is 0. The smallest absolute Gasteiger partial charge is 0.222 e. The van der Waals surface area contributed by atoms with Gasteiger partial charge in [0.1, 0.15) is 0 Å². The molecule has 0 aromatic carbocycles. The van der Waals surface area contributed by atoms with Gasteiger partial charge in [0.25, 0.3) is 0 Å². The SMILES string of the molecule is CCN(CC)C[CH]C(N)=O. The molecular weight excluding hydrogens is 128 g/mol. The van der Waals surface area contributed by atoms with Crippen LogP contribution in [0, 0.1) is 6.42 Å². The highest BCUT2D eigenvalue weighted by Crippen LogP contribution is 1.87. The third-order valence-corrected chi connectivity index (χ3v) is 1.45. The van der Waals surface area contributed by atoms with Crippen molar-refractivity contribution in [2.45, 2.75) is 13.8 Å². The van der Waals surface area contributed by atoms with Gasteiger partial charge in [0.05, 0.1) is 6.42 Å². The van der Waals surface area contributed by atoms with Crippen LogP contribution in [0.2, 0.25) is 0 Å². The molecule has 0 saturated carbocycles. The fourth-order valence-corrected chi connectivity index (χ4v) is 0.701. The second-order valence-electron chi connectivity index (χ2n) is 2.09. The van der Waals surface area contributed by atoms with Gasteiger partial charge in [-0.3, -0.25) is 4.79 Å². The van der Waals surface area contributed by atoms with E-state index in [1.54, 1.807) is 0 Å². The molecule has 2 N–H and O–H groups in total. The number of hydrogen-bond donors (Lipinski definition) is 1. The molecule has 0 aliphatic carbocycles. The summed E-state index contributed by atoms with van der Waals surface area (Å²) in [5.41, 5.74) is 4.93. The first-order valence-corrected chi connectivity index (χ1v) is 3.55. The fraction of sp³-hybridized carbons (Fsp3) is 0.714. The molecule has 0 aromatic heterocycles. The van der Waals surface area contributed by atoms with Crippen molar-refractivity contribution in [3.8, 4) is 0 Å². The molecule has 0 heterocycles. The number of amides is 1. The van der Waals surface area contributed by atoms with Gasteiger partial charge in [-0.2, -0.15) is 0 Å². The largest absolute Gasteiger partial charge is 0.369 e. The van der Waals surface area contributed by atoms with Gasteiger partial charge < -0.3 is 10.6 Å². The monoisotopic (exact) mass is 143 g/mol. The second kappa shape index (κ2) is 5.23. The molecule has 0 unspecified atom stereocenters. The molecule has 0 spiro atoms. The molecule has 0 bridgehead atoms. The zero-order valence-corrected chi connectivity index (χ0v) is 6.63. The van der Waals surface area contributed by atoms with Gasteiger partial charge >= 0.3 is 0 Å². The lowest BCUT2D eigenvalue weighted by molar-refractivity contribution is -0.115. The minimum atomic E-state index is -0.341. The van der Waals surface area contributed by atoms with Crippen LogP contribution < -0.4 is 5.73 Å². The molecule has 59 valence electrons. The lowest BCUT2D eigenvalue weighted by atomic mass is 10.3. The highest BCUT2D eigenvalue weighted by Gasteiger charge is 2.00. The Morgan fingerprint density at radius 1 is 1.50 bits per heavy atom. The van der Waals surface area contributed by atoms with Crippen molar-refractivity contribution in [3.63, 3.8) is 0 Å². The van der Waals surface area contributed by atoms with Crippen LogP contribution in [0.25, 0.3) is 0 Å². The molecule has 3 nitrogen and oxygen atoms in total. The summed E-state index contributed by atoms with van der Waals surface area (Å²) in [5, 5.41) is 0. The third kappa shape index (κ3) is 4.32. The van der Waals surface area contributed by atoms with E-state index in [0.29, 0.717) is 6.54 Å². The van der Waals surface area contributed by atoms with E-state index in [-0.39, 0.29) is 5.91 Å². The summed E-state index contributed by atoms with van der Waals surface area (Å²) in [6.45, 7) is 6.69. The van der Waals surface area contributed by atoms with Crippen molar-refractivity contribution in [3.05, 3.63) is 6.42 Å². The zero-order valence-electron chi connectivity index (χ0n) is 6.63. The summed E-state index contributed by atoms with van der Waals surface area (Å²) in [6.07, 6.45) is 1.49. The van der Waals surface area contributed by atoms with Crippen LogP contribution in [0.4, 0.5) is 0 Å². The lowest BCUT2D eigenvalue weighted by Crippen LogP contribution is -2.28. The molecule has 10 heavy (non-hydrogen) atoms. The zero-order chi connectivity index (χ0) is 7.98. The molecule has 0 rings (SSSR count). The summed E-state index contributed by atoms with van der Waals surface area (Å²) in [5.74, 6) is -0.341. The lowest BCUT2D eigenvalue weighted by Gasteiger charge is -2.15. The molecule has 0 atom stereocenters. The first kappa shape index (κ1) is 9.43. The number of rotatable bonds is 5. The Morgan fingerprint density at radius 2 is 2.00 bits per heavy atom. The molecule has 0 aliphatic heterocycles. The number of primary amides is 1. The van der Waals surface area contributed by atoms with Crippen molar-refractivity contribution >= 4 is 5.91 Å². The topological polar surface area (TPSA) is 46.3 Å². The Bertz CT molecular complexity index is 99.8. The van der Waals surface area contributed by atoms with Crippen molar-refractivity contribution in [1.29, 1.82) is 0 Å². The molecule has 1 amide bonds. The third-order valence-electron chi connectivity index (χ3n) is 1.45. The van der Waals surface area contributed by atoms with E-state index in [2.05, 4.69) is 18.7 Å². The highest BCUT2D eigenvalue weighted by atomic mass is 16.1. The number of nitrogens with zero attached hydrogens (tertiary/aromatic N) is 1. The predicted octanol–water partition coefficient (Wildman–Crippen LogP) is 0.0178. The van der Waals surface area contributed by atoms with Crippen LogP contribution in [0.3, 0.4) is 0 Å². The average Bonchev–Trinajstić information content (AvgIpc) is 1.90. The van der Waals surface area contributed by atoms with Crippen LogP contribution >= 0.6 is 0 Å². The Kier molecular flexibility index (Phi) is 4.94. The predicted molar refractivity (Wildman–Crippen MR) is 41.3 cm³/mol. The molecule has 0 saturated heterocycles. The Morgan fingerprint density at radius 3 is 2.30 bits per heavy atom. The van der Waals surface area contributed by atoms with E-state index < -0.39 is 0 Å².